The SMILES string of the molecule is Cc1ccn(-c2ccc(CNC3CC3)cn2)n1. The lowest BCUT2D eigenvalue weighted by atomic mass is 10.3. The molecule has 0 radical (unpaired) electrons. The van der Waals surface area contributed by atoms with E-state index in [4.69, 9.17) is 0 Å². The molecule has 4 heteroatoms. The van der Waals surface area contributed by atoms with Gasteiger partial charge in [-0.25, -0.2) is 9.67 Å². The minimum absolute atomic E-state index is 0.739. The van der Waals surface area contributed by atoms with Crippen molar-refractivity contribution in [2.24, 2.45) is 0 Å². The zero-order valence-electron chi connectivity index (χ0n) is 9.93. The van der Waals surface area contributed by atoms with Gasteiger partial charge in [-0.15, -0.1) is 0 Å². The zero-order chi connectivity index (χ0) is 11.7. The van der Waals surface area contributed by atoms with Gasteiger partial charge in [0.15, 0.2) is 5.82 Å². The lowest BCUT2D eigenvalue weighted by Gasteiger charge is -2.04. The number of nitrogens with one attached hydrogen (secondary N) is 1. The van der Waals surface area contributed by atoms with E-state index in [9.17, 15) is 0 Å². The Hall–Kier alpha value is -1.68. The van der Waals surface area contributed by atoms with Crippen LogP contribution in [0.1, 0.15) is 24.1 Å². The lowest BCUT2D eigenvalue weighted by molar-refractivity contribution is 0.685. The van der Waals surface area contributed by atoms with E-state index < -0.39 is 0 Å². The quantitative estimate of drug-likeness (QED) is 0.868. The molecule has 0 saturated heterocycles. The molecule has 0 amide bonds. The van der Waals surface area contributed by atoms with E-state index >= 15 is 0 Å². The summed E-state index contributed by atoms with van der Waals surface area (Å²) in [6.45, 7) is 2.89. The first-order valence-electron chi connectivity index (χ1n) is 6.02. The highest BCUT2D eigenvalue weighted by molar-refractivity contribution is 5.25. The molecule has 1 aliphatic rings. The van der Waals surface area contributed by atoms with Crippen LogP contribution in [0.15, 0.2) is 30.6 Å². The molecule has 0 spiro atoms. The Kier molecular flexibility index (Phi) is 2.65. The van der Waals surface area contributed by atoms with Gasteiger partial charge >= 0.3 is 0 Å². The van der Waals surface area contributed by atoms with Crippen molar-refractivity contribution in [2.45, 2.75) is 32.4 Å². The monoisotopic (exact) mass is 228 g/mol. The van der Waals surface area contributed by atoms with Crippen LogP contribution >= 0.6 is 0 Å². The van der Waals surface area contributed by atoms with E-state index in [-0.39, 0.29) is 0 Å². The molecular formula is C13H16N4. The maximum Gasteiger partial charge on any atom is 0.153 e. The summed E-state index contributed by atoms with van der Waals surface area (Å²) in [7, 11) is 0. The molecule has 1 N–H and O–H groups in total. The minimum Gasteiger partial charge on any atom is -0.310 e. The molecule has 17 heavy (non-hydrogen) atoms. The predicted octanol–water partition coefficient (Wildman–Crippen LogP) is 1.83. The summed E-state index contributed by atoms with van der Waals surface area (Å²) in [6, 6.07) is 6.83. The van der Waals surface area contributed by atoms with Crippen LogP contribution in [0, 0.1) is 6.92 Å². The Labute approximate surface area is 101 Å². The number of hydrogen-bond acceptors (Lipinski definition) is 3. The number of aromatic nitrogens is 3. The van der Waals surface area contributed by atoms with Gasteiger partial charge in [0.05, 0.1) is 5.69 Å². The number of pyridine rings is 1. The molecule has 1 saturated carbocycles. The Morgan fingerprint density at radius 2 is 2.24 bits per heavy atom. The fourth-order valence-electron chi connectivity index (χ4n) is 1.75. The zero-order valence-corrected chi connectivity index (χ0v) is 9.93. The number of aryl methyl sites for hydroxylation is 1. The van der Waals surface area contributed by atoms with E-state index in [0.717, 1.165) is 24.1 Å². The average Bonchev–Trinajstić information content (AvgIpc) is 3.09. The van der Waals surface area contributed by atoms with Gasteiger partial charge in [-0.3, -0.25) is 0 Å². The summed E-state index contributed by atoms with van der Waals surface area (Å²) < 4.78 is 1.80. The van der Waals surface area contributed by atoms with Crippen molar-refractivity contribution in [2.75, 3.05) is 0 Å². The van der Waals surface area contributed by atoms with E-state index in [2.05, 4.69) is 21.5 Å². The van der Waals surface area contributed by atoms with Crippen LogP contribution in [0.3, 0.4) is 0 Å². The molecule has 1 aliphatic carbocycles. The molecule has 2 heterocycles. The van der Waals surface area contributed by atoms with Gasteiger partial charge in [0, 0.05) is 25.0 Å². The first kappa shape index (κ1) is 10.5. The Morgan fingerprint density at radius 1 is 1.35 bits per heavy atom. The van der Waals surface area contributed by atoms with Crippen molar-refractivity contribution in [1.29, 1.82) is 0 Å². The summed E-state index contributed by atoms with van der Waals surface area (Å²) in [5, 5.41) is 7.81. The summed E-state index contributed by atoms with van der Waals surface area (Å²) in [5.41, 5.74) is 2.23. The molecule has 88 valence electrons. The molecule has 0 aromatic carbocycles. The highest BCUT2D eigenvalue weighted by atomic mass is 15.3. The maximum absolute atomic E-state index is 4.42. The second-order valence-electron chi connectivity index (χ2n) is 4.58. The van der Waals surface area contributed by atoms with Crippen LogP contribution in [0.25, 0.3) is 5.82 Å². The largest absolute Gasteiger partial charge is 0.310 e. The van der Waals surface area contributed by atoms with Crippen molar-refractivity contribution < 1.29 is 0 Å². The molecule has 4 nitrogen and oxygen atoms in total. The van der Waals surface area contributed by atoms with Gasteiger partial charge in [-0.05, 0) is 37.5 Å². The van der Waals surface area contributed by atoms with Crippen LogP contribution < -0.4 is 5.32 Å². The van der Waals surface area contributed by atoms with Crippen molar-refractivity contribution in [3.05, 3.63) is 41.9 Å². The minimum atomic E-state index is 0.739. The maximum atomic E-state index is 4.42. The van der Waals surface area contributed by atoms with Gasteiger partial charge in [-0.1, -0.05) is 6.07 Å². The van der Waals surface area contributed by atoms with Gasteiger partial charge in [-0.2, -0.15) is 5.10 Å². The fourth-order valence-corrected chi connectivity index (χ4v) is 1.75. The molecule has 0 atom stereocenters. The first-order valence-corrected chi connectivity index (χ1v) is 6.02. The number of rotatable bonds is 4. The number of nitrogens with zero attached hydrogens (tertiary/aromatic N) is 3. The summed E-state index contributed by atoms with van der Waals surface area (Å²) >= 11 is 0. The third-order valence-corrected chi connectivity index (χ3v) is 2.94. The van der Waals surface area contributed by atoms with Crippen molar-refractivity contribution in [3.63, 3.8) is 0 Å². The van der Waals surface area contributed by atoms with Crippen LogP contribution in [0.5, 0.6) is 0 Å². The summed E-state index contributed by atoms with van der Waals surface area (Å²) in [4.78, 5) is 4.42. The molecule has 2 aromatic heterocycles. The first-order chi connectivity index (χ1) is 8.31. The van der Waals surface area contributed by atoms with Gasteiger partial charge in [0.2, 0.25) is 0 Å². The highest BCUT2D eigenvalue weighted by Crippen LogP contribution is 2.19. The van der Waals surface area contributed by atoms with Crippen LogP contribution in [-0.4, -0.2) is 20.8 Å². The van der Waals surface area contributed by atoms with E-state index in [0.29, 0.717) is 0 Å². The third kappa shape index (κ3) is 2.53. The Bertz CT molecular complexity index is 496. The van der Waals surface area contributed by atoms with Crippen molar-refractivity contribution in [3.8, 4) is 5.82 Å². The standard InChI is InChI=1S/C13H16N4/c1-10-6-7-17(16-10)13-5-2-11(9-15-13)8-14-12-3-4-12/h2,5-7,9,12,14H,3-4,8H2,1H3. The van der Waals surface area contributed by atoms with Crippen molar-refractivity contribution in [1.82, 2.24) is 20.1 Å². The van der Waals surface area contributed by atoms with Crippen LogP contribution in [-0.2, 0) is 6.54 Å². The summed E-state index contributed by atoms with van der Waals surface area (Å²) in [5.74, 6) is 0.869. The highest BCUT2D eigenvalue weighted by Gasteiger charge is 2.19. The smallest absolute Gasteiger partial charge is 0.153 e. The Morgan fingerprint density at radius 3 is 2.82 bits per heavy atom. The fraction of sp³-hybridized carbons (Fsp3) is 0.385. The second-order valence-corrected chi connectivity index (χ2v) is 4.58. The Balaban J connectivity index is 1.70. The van der Waals surface area contributed by atoms with E-state index in [1.54, 1.807) is 4.68 Å². The van der Waals surface area contributed by atoms with Gasteiger partial charge in [0.1, 0.15) is 0 Å². The number of hydrogen-bond donors (Lipinski definition) is 1. The average molecular weight is 228 g/mol. The van der Waals surface area contributed by atoms with Crippen LogP contribution in [0.4, 0.5) is 0 Å². The molecule has 0 unspecified atom stereocenters. The van der Waals surface area contributed by atoms with Gasteiger partial charge < -0.3 is 5.32 Å². The van der Waals surface area contributed by atoms with E-state index in [1.165, 1.54) is 18.4 Å². The molecular weight excluding hydrogens is 212 g/mol. The normalized spacial score (nSPS) is 15.1. The van der Waals surface area contributed by atoms with Crippen LogP contribution in [0.2, 0.25) is 0 Å². The third-order valence-electron chi connectivity index (χ3n) is 2.94. The molecule has 3 rings (SSSR count). The second kappa shape index (κ2) is 4.30. The predicted molar refractivity (Wildman–Crippen MR) is 66.0 cm³/mol. The van der Waals surface area contributed by atoms with Crippen molar-refractivity contribution >= 4 is 0 Å². The van der Waals surface area contributed by atoms with Gasteiger partial charge in [0.25, 0.3) is 0 Å². The molecule has 0 bridgehead atoms. The topological polar surface area (TPSA) is 42.7 Å². The molecule has 1 fully saturated rings. The summed E-state index contributed by atoms with van der Waals surface area (Å²) in [6.07, 6.45) is 6.48. The molecule has 0 aliphatic heterocycles. The molecule has 2 aromatic rings. The lowest BCUT2D eigenvalue weighted by Crippen LogP contribution is -2.15. The van der Waals surface area contributed by atoms with E-state index in [1.807, 2.05) is 31.5 Å².